The van der Waals surface area contributed by atoms with Gasteiger partial charge in [-0.15, -0.1) is 0 Å². The Kier molecular flexibility index (Phi) is 6.94. The van der Waals surface area contributed by atoms with E-state index in [1.807, 2.05) is 0 Å². The van der Waals surface area contributed by atoms with Crippen LogP contribution < -0.4 is 4.72 Å². The molecule has 11 heteroatoms. The molecule has 1 aliphatic rings. The van der Waals surface area contributed by atoms with Gasteiger partial charge in [-0.2, -0.15) is 4.31 Å². The van der Waals surface area contributed by atoms with E-state index in [0.717, 1.165) is 0 Å². The molecule has 1 N–H and O–H groups in total. The van der Waals surface area contributed by atoms with Crippen LogP contribution in [0.3, 0.4) is 0 Å². The fourth-order valence-electron chi connectivity index (χ4n) is 3.61. The van der Waals surface area contributed by atoms with Crippen LogP contribution in [0.15, 0.2) is 88.7 Å². The maximum Gasteiger partial charge on any atom is 0.261 e. The maximum absolute atomic E-state index is 13.1. The number of hydrogen-bond donors (Lipinski definition) is 1. The largest absolute Gasteiger partial charge is 0.336 e. The number of nitrogens with zero attached hydrogens (tertiary/aromatic N) is 2. The predicted octanol–water partition coefficient (Wildman–Crippen LogP) is 3.29. The van der Waals surface area contributed by atoms with Crippen molar-refractivity contribution >= 4 is 43.2 Å². The van der Waals surface area contributed by atoms with Gasteiger partial charge in [0.25, 0.3) is 15.9 Å². The highest BCUT2D eigenvalue weighted by Gasteiger charge is 2.31. The first-order chi connectivity index (χ1) is 16.2. The molecule has 0 radical (unpaired) electrons. The van der Waals surface area contributed by atoms with Gasteiger partial charge in [0.1, 0.15) is 0 Å². The molecule has 0 spiro atoms. The van der Waals surface area contributed by atoms with Crippen molar-refractivity contribution in [3.63, 3.8) is 0 Å². The average Bonchev–Trinajstić information content (AvgIpc) is 2.86. The molecule has 1 fully saturated rings. The zero-order valence-corrected chi connectivity index (χ0v) is 20.4. The Labute approximate surface area is 203 Å². The Bertz CT molecular complexity index is 1390. The standard InChI is InChI=1S/C23H22ClN3O5S2/c24-22-12-11-18(25-33(29,30)19-7-3-1-4-8-19)17-21(22)23(28)26-13-15-27(16-14-26)34(31,32)20-9-5-2-6-10-20/h1-12,17,25H,13-16H2. The third kappa shape index (κ3) is 5.10. The van der Waals surface area contributed by atoms with Gasteiger partial charge >= 0.3 is 0 Å². The lowest BCUT2D eigenvalue weighted by Crippen LogP contribution is -2.50. The van der Waals surface area contributed by atoms with Crippen LogP contribution in [-0.4, -0.2) is 58.1 Å². The van der Waals surface area contributed by atoms with Gasteiger partial charge in [-0.1, -0.05) is 48.0 Å². The van der Waals surface area contributed by atoms with E-state index in [1.54, 1.807) is 36.4 Å². The van der Waals surface area contributed by atoms with Gasteiger partial charge in [-0.3, -0.25) is 9.52 Å². The minimum atomic E-state index is -3.83. The van der Waals surface area contributed by atoms with Crippen LogP contribution in [0.5, 0.6) is 0 Å². The number of benzene rings is 3. The second kappa shape index (κ2) is 9.75. The molecule has 3 aromatic rings. The SMILES string of the molecule is O=C(c1cc(NS(=O)(=O)c2ccccc2)ccc1Cl)N1CCN(S(=O)(=O)c2ccccc2)CC1. The fourth-order valence-corrected chi connectivity index (χ4v) is 6.32. The number of rotatable bonds is 6. The van der Waals surface area contributed by atoms with Gasteiger partial charge in [-0.05, 0) is 42.5 Å². The highest BCUT2D eigenvalue weighted by atomic mass is 35.5. The molecule has 0 bridgehead atoms. The lowest BCUT2D eigenvalue weighted by molar-refractivity contribution is 0.0698. The van der Waals surface area contributed by atoms with Crippen molar-refractivity contribution in [2.24, 2.45) is 0 Å². The van der Waals surface area contributed by atoms with Gasteiger partial charge < -0.3 is 4.90 Å². The van der Waals surface area contributed by atoms with Crippen LogP contribution in [0.4, 0.5) is 5.69 Å². The lowest BCUT2D eigenvalue weighted by Gasteiger charge is -2.34. The number of carbonyl (C=O) groups excluding carboxylic acids is 1. The molecule has 0 atom stereocenters. The molecule has 178 valence electrons. The summed E-state index contributed by atoms with van der Waals surface area (Å²) in [5, 5.41) is 0.173. The molecule has 0 unspecified atom stereocenters. The molecule has 8 nitrogen and oxygen atoms in total. The van der Waals surface area contributed by atoms with E-state index in [9.17, 15) is 21.6 Å². The molecule has 1 saturated heterocycles. The average molecular weight is 520 g/mol. The van der Waals surface area contributed by atoms with E-state index in [1.165, 1.54) is 51.7 Å². The highest BCUT2D eigenvalue weighted by molar-refractivity contribution is 7.92. The topological polar surface area (TPSA) is 104 Å². The van der Waals surface area contributed by atoms with E-state index in [4.69, 9.17) is 11.6 Å². The van der Waals surface area contributed by atoms with Crippen molar-refractivity contribution in [3.8, 4) is 0 Å². The van der Waals surface area contributed by atoms with Crippen molar-refractivity contribution < 1.29 is 21.6 Å². The van der Waals surface area contributed by atoms with Gasteiger partial charge in [-0.25, -0.2) is 16.8 Å². The number of piperazine rings is 1. The zero-order valence-electron chi connectivity index (χ0n) is 18.0. The van der Waals surface area contributed by atoms with Crippen molar-refractivity contribution in [1.29, 1.82) is 0 Å². The van der Waals surface area contributed by atoms with Crippen LogP contribution in [-0.2, 0) is 20.0 Å². The first-order valence-corrected chi connectivity index (χ1v) is 13.7. The Morgan fingerprint density at radius 1 is 0.765 bits per heavy atom. The monoisotopic (exact) mass is 519 g/mol. The van der Waals surface area contributed by atoms with Crippen molar-refractivity contribution in [1.82, 2.24) is 9.21 Å². The van der Waals surface area contributed by atoms with Crippen LogP contribution in [0.2, 0.25) is 5.02 Å². The van der Waals surface area contributed by atoms with Crippen molar-refractivity contribution in [3.05, 3.63) is 89.4 Å². The molecule has 1 aliphatic heterocycles. The summed E-state index contributed by atoms with van der Waals surface area (Å²) in [6.07, 6.45) is 0. The minimum absolute atomic E-state index is 0.0913. The molecule has 0 saturated carbocycles. The second-order valence-corrected chi connectivity index (χ2v) is 11.7. The van der Waals surface area contributed by atoms with Crippen molar-refractivity contribution in [2.75, 3.05) is 30.9 Å². The van der Waals surface area contributed by atoms with E-state index in [-0.39, 0.29) is 52.2 Å². The Hall–Kier alpha value is -2.92. The molecule has 0 aliphatic carbocycles. The van der Waals surface area contributed by atoms with Gasteiger partial charge in [0.2, 0.25) is 10.0 Å². The molecule has 34 heavy (non-hydrogen) atoms. The summed E-state index contributed by atoms with van der Waals surface area (Å²) in [7, 11) is -7.48. The van der Waals surface area contributed by atoms with Crippen LogP contribution in [0.25, 0.3) is 0 Å². The summed E-state index contributed by atoms with van der Waals surface area (Å²) in [6, 6.07) is 20.3. The summed E-state index contributed by atoms with van der Waals surface area (Å²) in [4.78, 5) is 14.9. The zero-order chi connectivity index (χ0) is 24.3. The van der Waals surface area contributed by atoms with Crippen LogP contribution >= 0.6 is 11.6 Å². The Morgan fingerprint density at radius 3 is 1.91 bits per heavy atom. The molecule has 4 rings (SSSR count). The van der Waals surface area contributed by atoms with E-state index in [2.05, 4.69) is 4.72 Å². The first kappa shape index (κ1) is 24.2. The van der Waals surface area contributed by atoms with Crippen molar-refractivity contribution in [2.45, 2.75) is 9.79 Å². The number of carbonyl (C=O) groups is 1. The molecular weight excluding hydrogens is 498 g/mol. The number of halogens is 1. The maximum atomic E-state index is 13.1. The van der Waals surface area contributed by atoms with E-state index >= 15 is 0 Å². The van der Waals surface area contributed by atoms with E-state index in [0.29, 0.717) is 0 Å². The molecular formula is C23H22ClN3O5S2. The number of anilines is 1. The minimum Gasteiger partial charge on any atom is -0.336 e. The van der Waals surface area contributed by atoms with Gasteiger partial charge in [0.05, 0.1) is 20.4 Å². The molecule has 1 heterocycles. The van der Waals surface area contributed by atoms with Crippen LogP contribution in [0, 0.1) is 0 Å². The number of nitrogens with one attached hydrogen (secondary N) is 1. The lowest BCUT2D eigenvalue weighted by atomic mass is 10.1. The summed E-state index contributed by atoms with van der Waals surface area (Å²) in [5.74, 6) is -0.400. The highest BCUT2D eigenvalue weighted by Crippen LogP contribution is 2.25. The number of sulfonamides is 2. The smallest absolute Gasteiger partial charge is 0.261 e. The Morgan fingerprint density at radius 2 is 1.32 bits per heavy atom. The van der Waals surface area contributed by atoms with Gasteiger partial charge in [0.15, 0.2) is 0 Å². The summed E-state index contributed by atoms with van der Waals surface area (Å²) < 4.78 is 54.7. The number of hydrogen-bond acceptors (Lipinski definition) is 5. The quantitative estimate of drug-likeness (QED) is 0.538. The summed E-state index contributed by atoms with van der Waals surface area (Å²) >= 11 is 6.25. The Balaban J connectivity index is 1.48. The first-order valence-electron chi connectivity index (χ1n) is 10.4. The third-order valence-electron chi connectivity index (χ3n) is 5.41. The molecule has 3 aromatic carbocycles. The number of amides is 1. The van der Waals surface area contributed by atoms with Gasteiger partial charge in [0, 0.05) is 31.9 Å². The summed E-state index contributed by atoms with van der Waals surface area (Å²) in [6.45, 7) is 0.643. The van der Waals surface area contributed by atoms with E-state index < -0.39 is 26.0 Å². The second-order valence-electron chi connectivity index (χ2n) is 7.62. The third-order valence-corrected chi connectivity index (χ3v) is 9.05. The predicted molar refractivity (Wildman–Crippen MR) is 130 cm³/mol. The fraction of sp³-hybridized carbons (Fsp3) is 0.174. The van der Waals surface area contributed by atoms with Crippen LogP contribution in [0.1, 0.15) is 10.4 Å². The summed E-state index contributed by atoms with van der Waals surface area (Å²) in [5.41, 5.74) is 0.330. The molecule has 0 aromatic heterocycles. The normalized spacial score (nSPS) is 15.1. The molecule has 1 amide bonds.